The number of aromatic nitrogens is 4. The van der Waals surface area contributed by atoms with Gasteiger partial charge in [-0.25, -0.2) is 9.59 Å². The number of hydrogen-bond acceptors (Lipinski definition) is 8. The summed E-state index contributed by atoms with van der Waals surface area (Å²) in [5, 5.41) is 5.75. The number of Topliss-reactive ketones (excluding diaryl/α,β-unsaturated/α-hetero) is 1. The molecular formula is C32H41N7O6. The third-order valence-electron chi connectivity index (χ3n) is 7.90. The van der Waals surface area contributed by atoms with Crippen LogP contribution >= 0.6 is 0 Å². The standard InChI is InChI=1S/C32H41N7O6/c1-6-7-17-38-25-26(35-29(38)37-16-10-11-21(18-37)33-30(43)45-32(2,3)4)36(5)31(44)39(28(25)42)19-24(40)22-12-8-9-13-23(22)34-27(41)20-14-15-20/h6-9,12-13,20-21H,10-11,14-19H2,1-5H3,(H,33,43)(H,34,41)/t21-/m1/s1. The molecule has 5 rings (SSSR count). The highest BCUT2D eigenvalue weighted by atomic mass is 16.6. The normalized spacial score (nSPS) is 17.1. The van der Waals surface area contributed by atoms with Crippen LogP contribution in [0.15, 0.2) is 46.0 Å². The molecule has 3 aromatic rings. The molecule has 0 radical (unpaired) electrons. The van der Waals surface area contributed by atoms with E-state index in [1.807, 2.05) is 24.0 Å². The first-order valence-electron chi connectivity index (χ1n) is 15.4. The molecular weight excluding hydrogens is 578 g/mol. The minimum absolute atomic E-state index is 0.0552. The van der Waals surface area contributed by atoms with Gasteiger partial charge in [-0.3, -0.25) is 23.5 Å². The van der Waals surface area contributed by atoms with E-state index in [1.165, 1.54) is 11.6 Å². The summed E-state index contributed by atoms with van der Waals surface area (Å²) in [5.74, 6) is -0.193. The molecule has 1 aliphatic heterocycles. The average molecular weight is 620 g/mol. The molecule has 3 heterocycles. The van der Waals surface area contributed by atoms with E-state index in [1.54, 1.807) is 49.6 Å². The van der Waals surface area contributed by atoms with Gasteiger partial charge in [0.25, 0.3) is 5.56 Å². The van der Waals surface area contributed by atoms with Crippen LogP contribution in [0.4, 0.5) is 16.4 Å². The number of piperidine rings is 1. The number of rotatable bonds is 9. The van der Waals surface area contributed by atoms with Gasteiger partial charge in [0.15, 0.2) is 16.9 Å². The molecule has 2 fully saturated rings. The van der Waals surface area contributed by atoms with Crippen LogP contribution in [-0.4, -0.2) is 61.2 Å². The number of nitrogens with one attached hydrogen (secondary N) is 2. The lowest BCUT2D eigenvalue weighted by Gasteiger charge is -2.34. The van der Waals surface area contributed by atoms with Crippen molar-refractivity contribution in [1.82, 2.24) is 24.0 Å². The first-order chi connectivity index (χ1) is 21.4. The van der Waals surface area contributed by atoms with E-state index in [-0.39, 0.29) is 34.6 Å². The van der Waals surface area contributed by atoms with Gasteiger partial charge in [-0.1, -0.05) is 24.3 Å². The number of amides is 2. The average Bonchev–Trinajstić information content (AvgIpc) is 3.77. The number of anilines is 2. The van der Waals surface area contributed by atoms with E-state index < -0.39 is 35.3 Å². The Labute approximate surface area is 260 Å². The van der Waals surface area contributed by atoms with Crippen molar-refractivity contribution in [2.75, 3.05) is 23.3 Å². The van der Waals surface area contributed by atoms with Crippen LogP contribution in [0.25, 0.3) is 11.2 Å². The SMILES string of the molecule is CC=CCn1c(N2CCC[C@@H](NC(=O)OC(C)(C)C)C2)nc2c1c(=O)n(CC(=O)c1ccccc1NC(=O)C1CC1)c(=O)n2C. The first kappa shape index (κ1) is 31.7. The maximum atomic E-state index is 14.0. The van der Waals surface area contributed by atoms with Gasteiger partial charge in [0.1, 0.15) is 5.60 Å². The number of benzene rings is 1. The van der Waals surface area contributed by atoms with Crippen molar-refractivity contribution in [3.8, 4) is 0 Å². The van der Waals surface area contributed by atoms with Crippen molar-refractivity contribution in [3.05, 3.63) is 62.8 Å². The molecule has 240 valence electrons. The molecule has 13 heteroatoms. The third kappa shape index (κ3) is 7.02. The largest absolute Gasteiger partial charge is 0.444 e. The molecule has 1 saturated heterocycles. The molecule has 0 unspecified atom stereocenters. The summed E-state index contributed by atoms with van der Waals surface area (Å²) in [5.41, 5.74) is -0.971. The Morgan fingerprint density at radius 2 is 1.82 bits per heavy atom. The number of nitrogens with zero attached hydrogens (tertiary/aromatic N) is 5. The number of para-hydroxylation sites is 1. The van der Waals surface area contributed by atoms with E-state index in [9.17, 15) is 24.0 Å². The zero-order chi connectivity index (χ0) is 32.5. The Hall–Kier alpha value is -4.68. The monoisotopic (exact) mass is 619 g/mol. The van der Waals surface area contributed by atoms with Crippen LogP contribution in [0.1, 0.15) is 63.7 Å². The van der Waals surface area contributed by atoms with Gasteiger partial charge in [-0.2, -0.15) is 4.98 Å². The zero-order valence-corrected chi connectivity index (χ0v) is 26.5. The molecule has 13 nitrogen and oxygen atoms in total. The van der Waals surface area contributed by atoms with Crippen molar-refractivity contribution in [1.29, 1.82) is 0 Å². The lowest BCUT2D eigenvalue weighted by atomic mass is 10.1. The number of alkyl carbamates (subject to hydrolysis) is 1. The zero-order valence-electron chi connectivity index (χ0n) is 26.5. The Morgan fingerprint density at radius 3 is 2.51 bits per heavy atom. The van der Waals surface area contributed by atoms with Crippen LogP contribution in [0.2, 0.25) is 0 Å². The fourth-order valence-electron chi connectivity index (χ4n) is 5.52. The minimum atomic E-state index is -0.675. The van der Waals surface area contributed by atoms with Crippen molar-refractivity contribution in [3.63, 3.8) is 0 Å². The Balaban J connectivity index is 1.49. The summed E-state index contributed by atoms with van der Waals surface area (Å²) in [4.78, 5) is 72.7. The Kier molecular flexibility index (Phi) is 8.98. The van der Waals surface area contributed by atoms with Gasteiger partial charge in [0.05, 0.1) is 12.2 Å². The van der Waals surface area contributed by atoms with Gasteiger partial charge in [-0.05, 0) is 65.5 Å². The summed E-state index contributed by atoms with van der Waals surface area (Å²) in [7, 11) is 1.52. The second-order valence-corrected chi connectivity index (χ2v) is 12.7. The maximum Gasteiger partial charge on any atom is 0.407 e. The first-order valence-corrected chi connectivity index (χ1v) is 15.4. The van der Waals surface area contributed by atoms with Crippen molar-refractivity contribution >= 4 is 40.6 Å². The minimum Gasteiger partial charge on any atom is -0.444 e. The molecule has 1 aliphatic carbocycles. The quantitative estimate of drug-likeness (QED) is 0.274. The second kappa shape index (κ2) is 12.7. The number of fused-ring (bicyclic) bond motifs is 1. The molecule has 1 aromatic carbocycles. The Morgan fingerprint density at radius 1 is 1.09 bits per heavy atom. The van der Waals surface area contributed by atoms with E-state index in [4.69, 9.17) is 9.72 Å². The van der Waals surface area contributed by atoms with E-state index >= 15 is 0 Å². The second-order valence-electron chi connectivity index (χ2n) is 12.7. The number of ketones is 1. The number of carbonyl (C=O) groups excluding carboxylic acids is 3. The van der Waals surface area contributed by atoms with Crippen molar-refractivity contribution in [2.45, 2.75) is 78.1 Å². The predicted molar refractivity (Wildman–Crippen MR) is 171 cm³/mol. The highest BCUT2D eigenvalue weighted by molar-refractivity contribution is 6.05. The molecule has 2 N–H and O–H groups in total. The van der Waals surface area contributed by atoms with Crippen LogP contribution < -0.4 is 26.8 Å². The van der Waals surface area contributed by atoms with Crippen LogP contribution in [0, 0.1) is 5.92 Å². The number of ether oxygens (including phenoxy) is 1. The molecule has 0 bridgehead atoms. The topological polar surface area (TPSA) is 150 Å². The highest BCUT2D eigenvalue weighted by Crippen LogP contribution is 2.31. The Bertz CT molecular complexity index is 1770. The fraction of sp³-hybridized carbons (Fsp3) is 0.500. The molecule has 45 heavy (non-hydrogen) atoms. The van der Waals surface area contributed by atoms with Gasteiger partial charge < -0.3 is 24.8 Å². The summed E-state index contributed by atoms with van der Waals surface area (Å²) in [6.45, 7) is 8.15. The lowest BCUT2D eigenvalue weighted by Crippen LogP contribution is -2.49. The van der Waals surface area contributed by atoms with Gasteiger partial charge in [0, 0.05) is 44.2 Å². The molecule has 2 aromatic heterocycles. The predicted octanol–water partition coefficient (Wildman–Crippen LogP) is 3.20. The smallest absolute Gasteiger partial charge is 0.407 e. The van der Waals surface area contributed by atoms with Gasteiger partial charge in [-0.15, -0.1) is 0 Å². The van der Waals surface area contributed by atoms with Crippen LogP contribution in [-0.2, 0) is 29.7 Å². The number of imidazole rings is 1. The van der Waals surface area contributed by atoms with Crippen molar-refractivity contribution in [2.24, 2.45) is 13.0 Å². The van der Waals surface area contributed by atoms with E-state index in [2.05, 4.69) is 10.6 Å². The summed E-state index contributed by atoms with van der Waals surface area (Å²) in [6.07, 6.45) is 6.38. The fourth-order valence-corrected chi connectivity index (χ4v) is 5.52. The number of carbonyl (C=O) groups is 3. The van der Waals surface area contributed by atoms with Crippen LogP contribution in [0.3, 0.4) is 0 Å². The van der Waals surface area contributed by atoms with E-state index in [0.29, 0.717) is 31.3 Å². The maximum absolute atomic E-state index is 14.0. The molecule has 0 spiro atoms. The number of aryl methyl sites for hydroxylation is 1. The molecule has 1 atom stereocenters. The summed E-state index contributed by atoms with van der Waals surface area (Å²) >= 11 is 0. The summed E-state index contributed by atoms with van der Waals surface area (Å²) < 4.78 is 9.39. The van der Waals surface area contributed by atoms with Gasteiger partial charge in [0.2, 0.25) is 11.9 Å². The molecule has 1 saturated carbocycles. The summed E-state index contributed by atoms with van der Waals surface area (Å²) in [6, 6.07) is 6.39. The highest BCUT2D eigenvalue weighted by Gasteiger charge is 2.31. The lowest BCUT2D eigenvalue weighted by molar-refractivity contribution is -0.117. The van der Waals surface area contributed by atoms with Crippen molar-refractivity contribution < 1.29 is 19.1 Å². The molecule has 2 amide bonds. The molecule has 2 aliphatic rings. The number of hydrogen-bond donors (Lipinski definition) is 2. The van der Waals surface area contributed by atoms with Gasteiger partial charge >= 0.3 is 11.8 Å². The number of allylic oxidation sites excluding steroid dienone is 2. The van der Waals surface area contributed by atoms with E-state index in [0.717, 1.165) is 30.3 Å². The third-order valence-corrected chi connectivity index (χ3v) is 7.90. The van der Waals surface area contributed by atoms with Crippen LogP contribution in [0.5, 0.6) is 0 Å².